The van der Waals surface area contributed by atoms with E-state index in [1.807, 2.05) is 38.1 Å². The van der Waals surface area contributed by atoms with Crippen molar-refractivity contribution in [3.8, 4) is 0 Å². The normalized spacial score (nSPS) is 9.86. The third-order valence-corrected chi connectivity index (χ3v) is 2.10. The van der Waals surface area contributed by atoms with Crippen LogP contribution in [0.4, 0.5) is 0 Å². The molecule has 14 heavy (non-hydrogen) atoms. The second kappa shape index (κ2) is 5.43. The van der Waals surface area contributed by atoms with E-state index in [9.17, 15) is 4.79 Å². The first-order valence-corrected chi connectivity index (χ1v) is 4.94. The Morgan fingerprint density at radius 1 is 1.36 bits per heavy atom. The van der Waals surface area contributed by atoms with Gasteiger partial charge in [-0.3, -0.25) is 4.79 Å². The van der Waals surface area contributed by atoms with Crippen LogP contribution in [0, 0.1) is 6.92 Å². The van der Waals surface area contributed by atoms with E-state index in [2.05, 4.69) is 0 Å². The molecule has 1 aromatic rings. The second-order valence-electron chi connectivity index (χ2n) is 3.34. The van der Waals surface area contributed by atoms with E-state index in [4.69, 9.17) is 4.74 Å². The van der Waals surface area contributed by atoms with Crippen molar-refractivity contribution in [2.75, 3.05) is 0 Å². The van der Waals surface area contributed by atoms with Gasteiger partial charge in [-0.2, -0.15) is 0 Å². The summed E-state index contributed by atoms with van der Waals surface area (Å²) in [7, 11) is 0. The predicted octanol–water partition coefficient (Wildman–Crippen LogP) is 2.84. The lowest BCUT2D eigenvalue weighted by atomic mass is 10.1. The van der Waals surface area contributed by atoms with E-state index in [0.29, 0.717) is 13.0 Å². The van der Waals surface area contributed by atoms with E-state index in [1.54, 1.807) is 0 Å². The maximum atomic E-state index is 11.1. The first-order valence-electron chi connectivity index (χ1n) is 4.94. The fourth-order valence-electron chi connectivity index (χ4n) is 1.21. The molecule has 0 aliphatic heterocycles. The van der Waals surface area contributed by atoms with Crippen LogP contribution in [0.25, 0.3) is 0 Å². The highest BCUT2D eigenvalue weighted by molar-refractivity contribution is 5.69. The Bertz CT molecular complexity index is 305. The number of esters is 1. The lowest BCUT2D eigenvalue weighted by Crippen LogP contribution is -2.04. The molecule has 0 saturated heterocycles. The number of hydrogen-bond donors (Lipinski definition) is 0. The zero-order chi connectivity index (χ0) is 10.4. The zero-order valence-electron chi connectivity index (χ0n) is 8.75. The Morgan fingerprint density at radius 3 is 2.71 bits per heavy atom. The van der Waals surface area contributed by atoms with Crippen molar-refractivity contribution >= 4 is 5.97 Å². The summed E-state index contributed by atoms with van der Waals surface area (Å²) in [6.45, 7) is 4.38. The van der Waals surface area contributed by atoms with E-state index in [-0.39, 0.29) is 5.97 Å². The van der Waals surface area contributed by atoms with E-state index in [0.717, 1.165) is 17.5 Å². The summed E-state index contributed by atoms with van der Waals surface area (Å²) in [4.78, 5) is 11.1. The molecule has 0 fully saturated rings. The molecule has 0 radical (unpaired) electrons. The number of aryl methyl sites for hydroxylation is 1. The minimum atomic E-state index is -0.115. The minimum absolute atomic E-state index is 0.115. The average Bonchev–Trinajstić information content (AvgIpc) is 2.17. The smallest absolute Gasteiger partial charge is 0.306 e. The van der Waals surface area contributed by atoms with E-state index >= 15 is 0 Å². The van der Waals surface area contributed by atoms with Crippen LogP contribution in [-0.4, -0.2) is 5.97 Å². The molecular weight excluding hydrogens is 176 g/mol. The number of carbonyl (C=O) groups excluding carboxylic acids is 1. The van der Waals surface area contributed by atoms with Crippen LogP contribution < -0.4 is 0 Å². The largest absolute Gasteiger partial charge is 0.461 e. The SMILES string of the molecule is CCCC(=O)OCc1ccccc1C. The van der Waals surface area contributed by atoms with Gasteiger partial charge >= 0.3 is 5.97 Å². The van der Waals surface area contributed by atoms with Gasteiger partial charge in [0.05, 0.1) is 0 Å². The fourth-order valence-corrected chi connectivity index (χ4v) is 1.21. The highest BCUT2D eigenvalue weighted by Gasteiger charge is 2.02. The van der Waals surface area contributed by atoms with Gasteiger partial charge in [-0.25, -0.2) is 0 Å². The molecule has 1 aromatic carbocycles. The van der Waals surface area contributed by atoms with Crippen molar-refractivity contribution in [1.82, 2.24) is 0 Å². The van der Waals surface area contributed by atoms with Gasteiger partial charge in [0, 0.05) is 6.42 Å². The Hall–Kier alpha value is -1.31. The van der Waals surface area contributed by atoms with Crippen LogP contribution in [0.2, 0.25) is 0 Å². The Balaban J connectivity index is 2.46. The third-order valence-electron chi connectivity index (χ3n) is 2.10. The maximum absolute atomic E-state index is 11.1. The second-order valence-corrected chi connectivity index (χ2v) is 3.34. The number of benzene rings is 1. The molecule has 2 heteroatoms. The van der Waals surface area contributed by atoms with Gasteiger partial charge < -0.3 is 4.74 Å². The molecule has 0 atom stereocenters. The summed E-state index contributed by atoms with van der Waals surface area (Å²) >= 11 is 0. The van der Waals surface area contributed by atoms with Gasteiger partial charge in [0.15, 0.2) is 0 Å². The topological polar surface area (TPSA) is 26.3 Å². The first kappa shape index (κ1) is 10.8. The summed E-state index contributed by atoms with van der Waals surface area (Å²) in [5.41, 5.74) is 2.24. The molecule has 0 saturated carbocycles. The minimum Gasteiger partial charge on any atom is -0.461 e. The molecule has 0 N–H and O–H groups in total. The highest BCUT2D eigenvalue weighted by Crippen LogP contribution is 2.08. The van der Waals surface area contributed by atoms with Gasteiger partial charge in [0.25, 0.3) is 0 Å². The fraction of sp³-hybridized carbons (Fsp3) is 0.417. The quantitative estimate of drug-likeness (QED) is 0.686. The third kappa shape index (κ3) is 3.21. The molecule has 0 unspecified atom stereocenters. The van der Waals surface area contributed by atoms with Crippen LogP contribution >= 0.6 is 0 Å². The molecule has 0 aliphatic carbocycles. The van der Waals surface area contributed by atoms with Gasteiger partial charge in [0.2, 0.25) is 0 Å². The first-order chi connectivity index (χ1) is 6.74. The van der Waals surface area contributed by atoms with Gasteiger partial charge in [-0.05, 0) is 24.5 Å². The van der Waals surface area contributed by atoms with Crippen molar-refractivity contribution in [2.45, 2.75) is 33.3 Å². The summed E-state index contributed by atoms with van der Waals surface area (Å²) in [6.07, 6.45) is 1.35. The Morgan fingerprint density at radius 2 is 2.07 bits per heavy atom. The van der Waals surface area contributed by atoms with Crippen molar-refractivity contribution < 1.29 is 9.53 Å². The Kier molecular flexibility index (Phi) is 4.17. The van der Waals surface area contributed by atoms with Crippen molar-refractivity contribution in [1.29, 1.82) is 0 Å². The summed E-state index contributed by atoms with van der Waals surface area (Å²) in [5, 5.41) is 0. The Labute approximate surface area is 84.9 Å². The van der Waals surface area contributed by atoms with Gasteiger partial charge in [-0.1, -0.05) is 31.2 Å². The van der Waals surface area contributed by atoms with Crippen LogP contribution in [0.1, 0.15) is 30.9 Å². The lowest BCUT2D eigenvalue weighted by Gasteiger charge is -2.06. The number of ether oxygens (including phenoxy) is 1. The van der Waals surface area contributed by atoms with Crippen LogP contribution in [0.3, 0.4) is 0 Å². The summed E-state index contributed by atoms with van der Waals surface area (Å²) in [6, 6.07) is 7.93. The molecule has 0 spiro atoms. The maximum Gasteiger partial charge on any atom is 0.306 e. The molecule has 76 valence electrons. The van der Waals surface area contributed by atoms with Crippen molar-refractivity contribution in [3.05, 3.63) is 35.4 Å². The summed E-state index contributed by atoms with van der Waals surface area (Å²) in [5.74, 6) is -0.115. The van der Waals surface area contributed by atoms with Crippen molar-refractivity contribution in [2.24, 2.45) is 0 Å². The predicted molar refractivity (Wildman–Crippen MR) is 55.9 cm³/mol. The van der Waals surface area contributed by atoms with Crippen LogP contribution in [-0.2, 0) is 16.1 Å². The molecule has 2 nitrogen and oxygen atoms in total. The summed E-state index contributed by atoms with van der Waals surface area (Å²) < 4.78 is 5.11. The standard InChI is InChI=1S/C12H16O2/c1-3-6-12(13)14-9-11-8-5-4-7-10(11)2/h4-5,7-8H,3,6,9H2,1-2H3. The molecule has 0 aliphatic rings. The monoisotopic (exact) mass is 192 g/mol. The van der Waals surface area contributed by atoms with E-state index < -0.39 is 0 Å². The highest BCUT2D eigenvalue weighted by atomic mass is 16.5. The molecule has 0 heterocycles. The molecular formula is C12H16O2. The molecule has 1 rings (SSSR count). The van der Waals surface area contributed by atoms with Gasteiger partial charge in [0.1, 0.15) is 6.61 Å². The zero-order valence-corrected chi connectivity index (χ0v) is 8.75. The number of hydrogen-bond acceptors (Lipinski definition) is 2. The van der Waals surface area contributed by atoms with Gasteiger partial charge in [-0.15, -0.1) is 0 Å². The average molecular weight is 192 g/mol. The molecule has 0 bridgehead atoms. The van der Waals surface area contributed by atoms with Crippen molar-refractivity contribution in [3.63, 3.8) is 0 Å². The molecule has 0 aromatic heterocycles. The number of carbonyl (C=O) groups is 1. The molecule has 0 amide bonds. The van der Waals surface area contributed by atoms with Crippen LogP contribution in [0.15, 0.2) is 24.3 Å². The number of rotatable bonds is 4. The lowest BCUT2D eigenvalue weighted by molar-refractivity contribution is -0.145. The van der Waals surface area contributed by atoms with E-state index in [1.165, 1.54) is 0 Å². The van der Waals surface area contributed by atoms with Crippen LogP contribution in [0.5, 0.6) is 0 Å².